The van der Waals surface area contributed by atoms with Gasteiger partial charge in [-0.05, 0) is 19.8 Å². The van der Waals surface area contributed by atoms with Gasteiger partial charge in [0.05, 0.1) is 12.3 Å². The van der Waals surface area contributed by atoms with Crippen LogP contribution in [0.4, 0.5) is 5.13 Å². The molecule has 0 unspecified atom stereocenters. The van der Waals surface area contributed by atoms with Gasteiger partial charge < -0.3 is 10.0 Å². The summed E-state index contributed by atoms with van der Waals surface area (Å²) in [5.41, 5.74) is 3.38. The minimum absolute atomic E-state index is 0.0306. The molecule has 0 atom stereocenters. The molecule has 0 amide bonds. The molecule has 1 N–H and O–H groups in total. The summed E-state index contributed by atoms with van der Waals surface area (Å²) in [7, 11) is 0. The smallest absolute Gasteiger partial charge is 0.185 e. The maximum absolute atomic E-state index is 9.60. The van der Waals surface area contributed by atoms with Crippen molar-refractivity contribution < 1.29 is 5.11 Å². The number of aliphatic hydroxyl groups is 1. The van der Waals surface area contributed by atoms with Gasteiger partial charge in [-0.3, -0.25) is 9.58 Å². The van der Waals surface area contributed by atoms with Crippen molar-refractivity contribution in [3.63, 3.8) is 0 Å². The lowest BCUT2D eigenvalue weighted by molar-refractivity contribution is 0.237. The number of thiazole rings is 1. The Morgan fingerprint density at radius 1 is 1.25 bits per heavy atom. The van der Waals surface area contributed by atoms with Crippen LogP contribution in [-0.4, -0.2) is 44.4 Å². The van der Waals surface area contributed by atoms with Gasteiger partial charge in [0.15, 0.2) is 5.13 Å². The van der Waals surface area contributed by atoms with Crippen molar-refractivity contribution in [2.75, 3.05) is 24.5 Å². The monoisotopic (exact) mass is 347 g/mol. The molecule has 7 heteroatoms. The molecule has 0 radical (unpaired) electrons. The lowest BCUT2D eigenvalue weighted by atomic mass is 10.1. The highest BCUT2D eigenvalue weighted by atomic mass is 32.1. The number of anilines is 1. The molecule has 2 aromatic rings. The number of hydrogen-bond acceptors (Lipinski definition) is 6. The van der Waals surface area contributed by atoms with Gasteiger partial charge in [-0.25, -0.2) is 4.98 Å². The zero-order valence-electron chi connectivity index (χ0n) is 14.2. The molecular weight excluding hydrogens is 322 g/mol. The van der Waals surface area contributed by atoms with Crippen LogP contribution in [0.2, 0.25) is 0 Å². The highest BCUT2D eigenvalue weighted by Gasteiger charge is 2.25. The van der Waals surface area contributed by atoms with Crippen molar-refractivity contribution in [3.8, 4) is 0 Å². The Balaban J connectivity index is 1.46. The molecule has 0 aromatic carbocycles. The Hall–Kier alpha value is -1.44. The quantitative estimate of drug-likeness (QED) is 0.897. The number of nitrogens with zero attached hydrogens (tertiary/aromatic N) is 5. The van der Waals surface area contributed by atoms with Crippen molar-refractivity contribution in [2.45, 2.75) is 52.4 Å². The van der Waals surface area contributed by atoms with E-state index in [4.69, 9.17) is 0 Å². The third-order valence-corrected chi connectivity index (χ3v) is 6.09. The molecule has 4 heterocycles. The second kappa shape index (κ2) is 6.82. The van der Waals surface area contributed by atoms with Crippen molar-refractivity contribution in [1.82, 2.24) is 19.7 Å². The highest BCUT2D eigenvalue weighted by Crippen LogP contribution is 2.29. The van der Waals surface area contributed by atoms with Crippen LogP contribution < -0.4 is 4.90 Å². The number of hydrogen-bond donors (Lipinski definition) is 1. The van der Waals surface area contributed by atoms with Crippen LogP contribution in [0.5, 0.6) is 0 Å². The zero-order valence-corrected chi connectivity index (χ0v) is 15.1. The summed E-state index contributed by atoms with van der Waals surface area (Å²) in [6.07, 6.45) is 5.62. The lowest BCUT2D eigenvalue weighted by Gasteiger charge is -2.27. The van der Waals surface area contributed by atoms with E-state index in [0.29, 0.717) is 0 Å². The van der Waals surface area contributed by atoms with Crippen molar-refractivity contribution in [3.05, 3.63) is 28.0 Å². The van der Waals surface area contributed by atoms with Crippen LogP contribution >= 0.6 is 11.3 Å². The molecule has 2 aliphatic rings. The molecule has 0 saturated carbocycles. The number of aromatic nitrogens is 3. The van der Waals surface area contributed by atoms with Gasteiger partial charge in [0.1, 0.15) is 0 Å². The maximum Gasteiger partial charge on any atom is 0.185 e. The van der Waals surface area contributed by atoms with Gasteiger partial charge in [-0.15, -0.1) is 11.3 Å². The number of fused-ring (bicyclic) bond motifs is 1. The molecular formula is C17H25N5OS. The summed E-state index contributed by atoms with van der Waals surface area (Å²) in [4.78, 5) is 10.8. The van der Waals surface area contributed by atoms with Crippen LogP contribution in [-0.2, 0) is 32.7 Å². The molecule has 2 aromatic heterocycles. The van der Waals surface area contributed by atoms with Gasteiger partial charge in [0.25, 0.3) is 0 Å². The van der Waals surface area contributed by atoms with Crippen molar-refractivity contribution in [2.24, 2.45) is 0 Å². The summed E-state index contributed by atoms with van der Waals surface area (Å²) in [6, 6.07) is 0. The van der Waals surface area contributed by atoms with E-state index in [0.717, 1.165) is 51.4 Å². The first-order valence-electron chi connectivity index (χ1n) is 8.88. The Kier molecular flexibility index (Phi) is 4.56. The molecule has 0 spiro atoms. The topological polar surface area (TPSA) is 57.4 Å². The SMILES string of the molecule is CCn1nc(CO)c2c1CCN(Cc1cnc(N3CCCC3)s1)C2. The fraction of sp³-hybridized carbons (Fsp3) is 0.647. The first-order chi connectivity index (χ1) is 11.8. The fourth-order valence-electron chi connectivity index (χ4n) is 3.79. The van der Waals surface area contributed by atoms with E-state index in [1.807, 2.05) is 17.5 Å². The van der Waals surface area contributed by atoms with Gasteiger partial charge >= 0.3 is 0 Å². The fourth-order valence-corrected chi connectivity index (χ4v) is 4.79. The molecule has 2 aliphatic heterocycles. The van der Waals surface area contributed by atoms with Crippen LogP contribution in [0.15, 0.2) is 6.20 Å². The highest BCUT2D eigenvalue weighted by molar-refractivity contribution is 7.15. The molecule has 24 heavy (non-hydrogen) atoms. The average Bonchev–Trinajstić information content (AvgIpc) is 3.33. The standard InChI is InChI=1S/C17H25N5OS/c1-2-22-16-5-8-20(11-14(16)15(12-23)19-22)10-13-9-18-17(24-13)21-6-3-4-7-21/h9,23H,2-8,10-12H2,1H3. The van der Waals surface area contributed by atoms with Crippen LogP contribution in [0, 0.1) is 0 Å². The summed E-state index contributed by atoms with van der Waals surface area (Å²) in [5.74, 6) is 0. The number of rotatable bonds is 5. The zero-order chi connectivity index (χ0) is 16.5. The van der Waals surface area contributed by atoms with Gasteiger partial charge in [0.2, 0.25) is 0 Å². The number of aliphatic hydroxyl groups excluding tert-OH is 1. The lowest BCUT2D eigenvalue weighted by Crippen LogP contribution is -2.30. The summed E-state index contributed by atoms with van der Waals surface area (Å²) in [5, 5.41) is 15.3. The van der Waals surface area contributed by atoms with Crippen LogP contribution in [0.1, 0.15) is 41.6 Å². The molecule has 6 nitrogen and oxygen atoms in total. The normalized spacial score (nSPS) is 18.3. The summed E-state index contributed by atoms with van der Waals surface area (Å²) >= 11 is 1.83. The molecule has 1 saturated heterocycles. The third kappa shape index (κ3) is 2.96. The van der Waals surface area contributed by atoms with E-state index in [9.17, 15) is 5.11 Å². The maximum atomic E-state index is 9.60. The van der Waals surface area contributed by atoms with E-state index in [2.05, 4.69) is 31.5 Å². The predicted molar refractivity (Wildman–Crippen MR) is 95.2 cm³/mol. The van der Waals surface area contributed by atoms with E-state index in [1.165, 1.54) is 34.1 Å². The summed E-state index contributed by atoms with van der Waals surface area (Å²) < 4.78 is 2.05. The van der Waals surface area contributed by atoms with Gasteiger partial charge in [-0.2, -0.15) is 5.10 Å². The predicted octanol–water partition coefficient (Wildman–Crippen LogP) is 2.01. The minimum Gasteiger partial charge on any atom is -0.390 e. The second-order valence-electron chi connectivity index (χ2n) is 6.61. The van der Waals surface area contributed by atoms with Crippen LogP contribution in [0.3, 0.4) is 0 Å². The first-order valence-corrected chi connectivity index (χ1v) is 9.70. The number of aryl methyl sites for hydroxylation is 1. The van der Waals surface area contributed by atoms with E-state index in [1.54, 1.807) is 0 Å². The van der Waals surface area contributed by atoms with E-state index >= 15 is 0 Å². The minimum atomic E-state index is 0.0306. The Bertz CT molecular complexity index is 704. The van der Waals surface area contributed by atoms with Crippen molar-refractivity contribution in [1.29, 1.82) is 0 Å². The summed E-state index contributed by atoms with van der Waals surface area (Å²) in [6.45, 7) is 8.17. The molecule has 130 valence electrons. The largest absolute Gasteiger partial charge is 0.390 e. The van der Waals surface area contributed by atoms with Gasteiger partial charge in [0, 0.05) is 68.0 Å². The van der Waals surface area contributed by atoms with Crippen molar-refractivity contribution >= 4 is 16.5 Å². The Morgan fingerprint density at radius 2 is 2.08 bits per heavy atom. The second-order valence-corrected chi connectivity index (χ2v) is 7.70. The molecule has 4 rings (SSSR count). The Labute approximate surface area is 146 Å². The van der Waals surface area contributed by atoms with Gasteiger partial charge in [-0.1, -0.05) is 0 Å². The van der Waals surface area contributed by atoms with E-state index in [-0.39, 0.29) is 6.61 Å². The van der Waals surface area contributed by atoms with E-state index < -0.39 is 0 Å². The van der Waals surface area contributed by atoms with Crippen LogP contribution in [0.25, 0.3) is 0 Å². The molecule has 0 bridgehead atoms. The molecule has 0 aliphatic carbocycles. The first kappa shape index (κ1) is 16.1. The third-order valence-electron chi connectivity index (χ3n) is 5.04. The molecule has 1 fully saturated rings. The Morgan fingerprint density at radius 3 is 2.83 bits per heavy atom. The average molecular weight is 347 g/mol.